The van der Waals surface area contributed by atoms with Crippen molar-refractivity contribution in [3.8, 4) is 0 Å². The van der Waals surface area contributed by atoms with Crippen LogP contribution in [0.2, 0.25) is 0 Å². The van der Waals surface area contributed by atoms with Crippen molar-refractivity contribution in [2.24, 2.45) is 0 Å². The Bertz CT molecular complexity index is 544. The second-order valence-electron chi connectivity index (χ2n) is 3.06. The van der Waals surface area contributed by atoms with Gasteiger partial charge in [-0.25, -0.2) is 9.78 Å². The second-order valence-corrected chi connectivity index (χ2v) is 3.06. The van der Waals surface area contributed by atoms with Crippen molar-refractivity contribution in [1.29, 1.82) is 0 Å². The molecular weight excluding hydrogens is 210 g/mol. The van der Waals surface area contributed by atoms with Crippen LogP contribution in [0.1, 0.15) is 17.3 Å². The molecule has 0 bridgehead atoms. The van der Waals surface area contributed by atoms with E-state index in [1.807, 2.05) is 0 Å². The molecule has 0 fully saturated rings. The number of para-hydroxylation sites is 1. The molecule has 1 aromatic heterocycles. The fraction of sp³-hybridized carbons (Fsp3) is 0.182. The summed E-state index contributed by atoms with van der Waals surface area (Å²) in [7, 11) is 0. The van der Waals surface area contributed by atoms with E-state index in [1.54, 1.807) is 19.1 Å². The van der Waals surface area contributed by atoms with Crippen molar-refractivity contribution < 1.29 is 18.7 Å². The molecule has 0 N–H and O–H groups in total. The molecule has 2 rings (SSSR count). The minimum atomic E-state index is -0.883. The third-order valence-electron chi connectivity index (χ3n) is 2.06. The maximum atomic E-state index is 11.7. The molecule has 0 unspecified atom stereocenters. The summed E-state index contributed by atoms with van der Waals surface area (Å²) in [6, 6.07) is 4.84. The van der Waals surface area contributed by atoms with Gasteiger partial charge in [0.15, 0.2) is 12.0 Å². The third kappa shape index (κ3) is 1.67. The van der Waals surface area contributed by atoms with E-state index in [1.165, 1.54) is 12.5 Å². The van der Waals surface area contributed by atoms with Crippen molar-refractivity contribution in [2.75, 3.05) is 6.61 Å². The summed E-state index contributed by atoms with van der Waals surface area (Å²) in [6.07, 6.45) is 1.23. The first-order valence-corrected chi connectivity index (χ1v) is 4.77. The zero-order chi connectivity index (χ0) is 11.5. The van der Waals surface area contributed by atoms with Gasteiger partial charge in [-0.15, -0.1) is 0 Å². The van der Waals surface area contributed by atoms with Crippen LogP contribution in [-0.2, 0) is 9.53 Å². The highest BCUT2D eigenvalue weighted by Gasteiger charge is 2.21. The number of esters is 1. The lowest BCUT2D eigenvalue weighted by Gasteiger charge is -2.00. The first-order chi connectivity index (χ1) is 7.74. The first-order valence-electron chi connectivity index (χ1n) is 4.77. The lowest BCUT2D eigenvalue weighted by atomic mass is 10.1. The summed E-state index contributed by atoms with van der Waals surface area (Å²) in [5.41, 5.74) is 1.02. The highest BCUT2D eigenvalue weighted by atomic mass is 16.5. The molecule has 0 amide bonds. The zero-order valence-corrected chi connectivity index (χ0v) is 8.60. The number of carbonyl (C=O) groups is 2. The second kappa shape index (κ2) is 4.14. The van der Waals surface area contributed by atoms with Gasteiger partial charge < -0.3 is 9.15 Å². The molecule has 0 aliphatic rings. The zero-order valence-electron chi connectivity index (χ0n) is 8.60. The highest BCUT2D eigenvalue weighted by molar-refractivity contribution is 6.42. The smallest absolute Gasteiger partial charge is 0.379 e. The molecule has 0 aliphatic carbocycles. The van der Waals surface area contributed by atoms with Gasteiger partial charge in [-0.3, -0.25) is 4.79 Å². The summed E-state index contributed by atoms with van der Waals surface area (Å²) >= 11 is 0. The Morgan fingerprint density at radius 2 is 2.25 bits per heavy atom. The Morgan fingerprint density at radius 3 is 3.00 bits per heavy atom. The molecule has 0 aliphatic heterocycles. The van der Waals surface area contributed by atoms with E-state index in [0.29, 0.717) is 11.1 Å². The van der Waals surface area contributed by atoms with Gasteiger partial charge in [-0.2, -0.15) is 0 Å². The molecule has 0 spiro atoms. The topological polar surface area (TPSA) is 69.4 Å². The van der Waals surface area contributed by atoms with Crippen LogP contribution in [0, 0.1) is 0 Å². The molecule has 0 saturated heterocycles. The Labute approximate surface area is 91.0 Å². The summed E-state index contributed by atoms with van der Waals surface area (Å²) < 4.78 is 9.69. The van der Waals surface area contributed by atoms with Crippen LogP contribution in [0.15, 0.2) is 29.0 Å². The normalized spacial score (nSPS) is 10.3. The van der Waals surface area contributed by atoms with Gasteiger partial charge in [0.2, 0.25) is 0 Å². The number of rotatable bonds is 3. The Balaban J connectivity index is 2.43. The van der Waals surface area contributed by atoms with Crippen molar-refractivity contribution in [3.63, 3.8) is 0 Å². The molecular formula is C11H9NO4. The van der Waals surface area contributed by atoms with Crippen molar-refractivity contribution in [3.05, 3.63) is 30.2 Å². The highest BCUT2D eigenvalue weighted by Crippen LogP contribution is 2.18. The number of ether oxygens (including phenoxy) is 1. The van der Waals surface area contributed by atoms with E-state index in [4.69, 9.17) is 4.42 Å². The SMILES string of the molecule is CCOC(=O)C(=O)c1cccc2ncoc12. The lowest BCUT2D eigenvalue weighted by Crippen LogP contribution is -2.17. The van der Waals surface area contributed by atoms with Gasteiger partial charge in [0.1, 0.15) is 5.52 Å². The number of benzene rings is 1. The molecule has 0 radical (unpaired) electrons. The van der Waals surface area contributed by atoms with Crippen molar-refractivity contribution in [2.45, 2.75) is 6.92 Å². The third-order valence-corrected chi connectivity index (χ3v) is 2.06. The average Bonchev–Trinajstić information content (AvgIpc) is 2.76. The fourth-order valence-corrected chi connectivity index (χ4v) is 1.37. The molecule has 5 nitrogen and oxygen atoms in total. The van der Waals surface area contributed by atoms with Crippen LogP contribution in [0.5, 0.6) is 0 Å². The van der Waals surface area contributed by atoms with Crippen LogP contribution in [0.3, 0.4) is 0 Å². The number of oxazole rings is 1. The minimum absolute atomic E-state index is 0.164. The first kappa shape index (κ1) is 10.4. The maximum absolute atomic E-state index is 11.7. The molecule has 0 atom stereocenters. The number of Topliss-reactive ketones (excluding diaryl/α,β-unsaturated/α-hetero) is 1. The van der Waals surface area contributed by atoms with E-state index in [0.717, 1.165) is 0 Å². The van der Waals surface area contributed by atoms with Crippen LogP contribution in [0.25, 0.3) is 11.1 Å². The number of ketones is 1. The Kier molecular flexibility index (Phi) is 2.68. The number of aromatic nitrogens is 1. The van der Waals surface area contributed by atoms with Gasteiger partial charge >= 0.3 is 5.97 Å². The number of hydrogen-bond donors (Lipinski definition) is 0. The number of carbonyl (C=O) groups excluding carboxylic acids is 2. The van der Waals surface area contributed by atoms with Gasteiger partial charge in [0.05, 0.1) is 12.2 Å². The van der Waals surface area contributed by atoms with E-state index in [2.05, 4.69) is 9.72 Å². The molecule has 16 heavy (non-hydrogen) atoms. The predicted octanol–water partition coefficient (Wildman–Crippen LogP) is 1.57. The monoisotopic (exact) mass is 219 g/mol. The van der Waals surface area contributed by atoms with E-state index >= 15 is 0 Å². The summed E-state index contributed by atoms with van der Waals surface area (Å²) in [5.74, 6) is -1.60. The number of nitrogens with zero attached hydrogens (tertiary/aromatic N) is 1. The van der Waals surface area contributed by atoms with Gasteiger partial charge in [0, 0.05) is 0 Å². The van der Waals surface area contributed by atoms with E-state index < -0.39 is 11.8 Å². The summed E-state index contributed by atoms with van der Waals surface area (Å²) in [4.78, 5) is 26.9. The Hall–Kier alpha value is -2.17. The van der Waals surface area contributed by atoms with E-state index in [9.17, 15) is 9.59 Å². The van der Waals surface area contributed by atoms with Crippen LogP contribution < -0.4 is 0 Å². The minimum Gasteiger partial charge on any atom is -0.460 e. The van der Waals surface area contributed by atoms with E-state index in [-0.39, 0.29) is 12.2 Å². The van der Waals surface area contributed by atoms with Crippen LogP contribution >= 0.6 is 0 Å². The molecule has 5 heteroatoms. The predicted molar refractivity (Wildman–Crippen MR) is 55.0 cm³/mol. The van der Waals surface area contributed by atoms with Crippen molar-refractivity contribution >= 4 is 22.9 Å². The lowest BCUT2D eigenvalue weighted by molar-refractivity contribution is -0.137. The van der Waals surface area contributed by atoms with Crippen LogP contribution in [-0.4, -0.2) is 23.3 Å². The molecule has 1 heterocycles. The summed E-state index contributed by atoms with van der Waals surface area (Å²) in [5, 5.41) is 0. The van der Waals surface area contributed by atoms with Crippen molar-refractivity contribution in [1.82, 2.24) is 4.98 Å². The molecule has 0 saturated carbocycles. The maximum Gasteiger partial charge on any atom is 0.379 e. The quantitative estimate of drug-likeness (QED) is 0.445. The largest absolute Gasteiger partial charge is 0.460 e. The number of fused-ring (bicyclic) bond motifs is 1. The fourth-order valence-electron chi connectivity index (χ4n) is 1.37. The standard InChI is InChI=1S/C11H9NO4/c1-2-15-11(14)9(13)7-4-3-5-8-10(7)16-6-12-8/h3-6H,2H2,1H3. The van der Waals surface area contributed by atoms with Gasteiger partial charge in [-0.05, 0) is 19.1 Å². The Morgan fingerprint density at radius 1 is 1.44 bits per heavy atom. The summed E-state index contributed by atoms with van der Waals surface area (Å²) in [6.45, 7) is 1.80. The average molecular weight is 219 g/mol. The van der Waals surface area contributed by atoms with Gasteiger partial charge in [0.25, 0.3) is 5.78 Å². The van der Waals surface area contributed by atoms with Crippen LogP contribution in [0.4, 0.5) is 0 Å². The molecule has 1 aromatic carbocycles. The molecule has 82 valence electrons. The number of hydrogen-bond acceptors (Lipinski definition) is 5. The van der Waals surface area contributed by atoms with Gasteiger partial charge in [-0.1, -0.05) is 6.07 Å². The molecule has 2 aromatic rings.